The summed E-state index contributed by atoms with van der Waals surface area (Å²) in [6.07, 6.45) is 4.39. The number of benzene rings is 2. The number of carbonyl (C=O) groups is 2. The maximum Gasteiger partial charge on any atom is 0.338 e. The SMILES string of the molecule is CC(C)NC(=O)Nc1cccc(C(=O)O[C@H](CCc2ccccc2)c2nccn2C)c1. The largest absolute Gasteiger partial charge is 0.451 e. The number of rotatable bonds is 8. The first-order valence-corrected chi connectivity index (χ1v) is 10.3. The normalized spacial score (nSPS) is 11.7. The predicted octanol–water partition coefficient (Wildman–Crippen LogP) is 4.48. The molecule has 1 atom stereocenters. The number of hydrogen-bond donors (Lipinski definition) is 2. The van der Waals surface area contributed by atoms with Crippen molar-refractivity contribution < 1.29 is 14.3 Å². The summed E-state index contributed by atoms with van der Waals surface area (Å²) < 4.78 is 7.72. The molecule has 1 aromatic heterocycles. The minimum Gasteiger partial charge on any atom is -0.451 e. The van der Waals surface area contributed by atoms with Crippen molar-refractivity contribution in [2.45, 2.75) is 38.8 Å². The Bertz CT molecular complexity index is 1010. The van der Waals surface area contributed by atoms with Gasteiger partial charge in [0.05, 0.1) is 5.56 Å². The van der Waals surface area contributed by atoms with Crippen LogP contribution in [0.4, 0.5) is 10.5 Å². The molecule has 0 radical (unpaired) electrons. The molecule has 2 amide bonds. The maximum absolute atomic E-state index is 12.9. The van der Waals surface area contributed by atoms with E-state index < -0.39 is 12.1 Å². The zero-order valence-corrected chi connectivity index (χ0v) is 18.0. The predicted molar refractivity (Wildman–Crippen MR) is 120 cm³/mol. The molecule has 7 nitrogen and oxygen atoms in total. The number of imidazole rings is 1. The summed E-state index contributed by atoms with van der Waals surface area (Å²) in [6, 6.07) is 16.5. The fourth-order valence-electron chi connectivity index (χ4n) is 3.22. The lowest BCUT2D eigenvalue weighted by Crippen LogP contribution is -2.34. The second kappa shape index (κ2) is 10.4. The highest BCUT2D eigenvalue weighted by Gasteiger charge is 2.22. The van der Waals surface area contributed by atoms with E-state index >= 15 is 0 Å². The Morgan fingerprint density at radius 1 is 1.10 bits per heavy atom. The molecule has 0 bridgehead atoms. The maximum atomic E-state index is 12.9. The van der Waals surface area contributed by atoms with E-state index in [0.29, 0.717) is 23.5 Å². The smallest absolute Gasteiger partial charge is 0.338 e. The van der Waals surface area contributed by atoms with Crippen molar-refractivity contribution in [3.8, 4) is 0 Å². The van der Waals surface area contributed by atoms with E-state index in [9.17, 15) is 9.59 Å². The Morgan fingerprint density at radius 2 is 1.87 bits per heavy atom. The molecule has 0 spiro atoms. The minimum absolute atomic E-state index is 0.0105. The first-order valence-electron chi connectivity index (χ1n) is 10.3. The minimum atomic E-state index is -0.492. The van der Waals surface area contributed by atoms with Crippen LogP contribution in [0, 0.1) is 0 Å². The van der Waals surface area contributed by atoms with Gasteiger partial charge in [0.25, 0.3) is 0 Å². The fraction of sp³-hybridized carbons (Fsp3) is 0.292. The highest BCUT2D eigenvalue weighted by Crippen LogP contribution is 2.24. The number of carbonyl (C=O) groups excluding carboxylic acids is 2. The van der Waals surface area contributed by atoms with Gasteiger partial charge in [0.1, 0.15) is 5.82 Å². The first-order chi connectivity index (χ1) is 14.9. The van der Waals surface area contributed by atoms with Crippen molar-refractivity contribution >= 4 is 17.7 Å². The molecule has 2 N–H and O–H groups in total. The summed E-state index contributed by atoms with van der Waals surface area (Å²) in [4.78, 5) is 29.2. The standard InChI is InChI=1S/C24H28N4O3/c1-17(2)26-24(30)27-20-11-7-10-19(16-20)23(29)31-21(22-25-14-15-28(22)3)13-12-18-8-5-4-6-9-18/h4-11,14-17,21H,12-13H2,1-3H3,(H2,26,27,30)/t21-/m1/s1. The number of esters is 1. The van der Waals surface area contributed by atoms with Gasteiger partial charge >= 0.3 is 12.0 Å². The van der Waals surface area contributed by atoms with Gasteiger partial charge in [-0.2, -0.15) is 0 Å². The quantitative estimate of drug-likeness (QED) is 0.526. The fourth-order valence-corrected chi connectivity index (χ4v) is 3.22. The van der Waals surface area contributed by atoms with E-state index in [4.69, 9.17) is 4.74 Å². The van der Waals surface area contributed by atoms with Crippen LogP contribution in [0.2, 0.25) is 0 Å². The van der Waals surface area contributed by atoms with Crippen molar-refractivity contribution in [1.29, 1.82) is 0 Å². The lowest BCUT2D eigenvalue weighted by Gasteiger charge is -2.18. The van der Waals surface area contributed by atoms with Gasteiger partial charge in [-0.15, -0.1) is 0 Å². The zero-order chi connectivity index (χ0) is 22.2. The van der Waals surface area contributed by atoms with Crippen molar-refractivity contribution in [2.24, 2.45) is 7.05 Å². The Kier molecular flexibility index (Phi) is 7.43. The van der Waals surface area contributed by atoms with E-state index in [0.717, 1.165) is 6.42 Å². The van der Waals surface area contributed by atoms with Crippen LogP contribution in [0.15, 0.2) is 67.0 Å². The summed E-state index contributed by atoms with van der Waals surface area (Å²) >= 11 is 0. The monoisotopic (exact) mass is 420 g/mol. The Labute approximate surface area is 182 Å². The van der Waals surface area contributed by atoms with Gasteiger partial charge in [0, 0.05) is 31.2 Å². The third-order valence-electron chi connectivity index (χ3n) is 4.71. The van der Waals surface area contributed by atoms with Crippen molar-refractivity contribution in [3.05, 3.63) is 83.9 Å². The Balaban J connectivity index is 1.72. The molecule has 3 rings (SSSR count). The van der Waals surface area contributed by atoms with Gasteiger partial charge in [-0.3, -0.25) is 0 Å². The number of aryl methyl sites for hydroxylation is 2. The van der Waals surface area contributed by atoms with Crippen LogP contribution in [0.5, 0.6) is 0 Å². The molecule has 7 heteroatoms. The van der Waals surface area contributed by atoms with Gasteiger partial charge < -0.3 is 19.9 Å². The van der Waals surface area contributed by atoms with Crippen LogP contribution < -0.4 is 10.6 Å². The van der Waals surface area contributed by atoms with E-state index in [1.54, 1.807) is 30.5 Å². The van der Waals surface area contributed by atoms with Crippen LogP contribution >= 0.6 is 0 Å². The molecule has 1 heterocycles. The van der Waals surface area contributed by atoms with Crippen molar-refractivity contribution in [3.63, 3.8) is 0 Å². The molecule has 0 saturated carbocycles. The molecule has 0 saturated heterocycles. The van der Waals surface area contributed by atoms with E-state index in [1.807, 2.05) is 49.9 Å². The van der Waals surface area contributed by atoms with Crippen molar-refractivity contribution in [1.82, 2.24) is 14.9 Å². The summed E-state index contributed by atoms with van der Waals surface area (Å²) in [6.45, 7) is 3.75. The molecule has 0 unspecified atom stereocenters. The topological polar surface area (TPSA) is 85.2 Å². The van der Waals surface area contributed by atoms with Crippen LogP contribution in [0.3, 0.4) is 0 Å². The van der Waals surface area contributed by atoms with Crippen LogP contribution in [-0.4, -0.2) is 27.6 Å². The average molecular weight is 421 g/mol. The molecule has 0 aliphatic heterocycles. The lowest BCUT2D eigenvalue weighted by molar-refractivity contribution is 0.0249. The van der Waals surface area contributed by atoms with E-state index in [1.165, 1.54) is 5.56 Å². The van der Waals surface area contributed by atoms with Gasteiger partial charge in [-0.05, 0) is 50.5 Å². The Hall–Kier alpha value is -3.61. The van der Waals surface area contributed by atoms with E-state index in [-0.39, 0.29) is 12.1 Å². The number of nitrogens with one attached hydrogen (secondary N) is 2. The first kappa shape index (κ1) is 22.1. The number of aromatic nitrogens is 2. The Morgan fingerprint density at radius 3 is 2.55 bits per heavy atom. The molecule has 0 aliphatic rings. The van der Waals surface area contributed by atoms with Crippen LogP contribution in [0.25, 0.3) is 0 Å². The molecule has 2 aromatic carbocycles. The molecule has 3 aromatic rings. The number of nitrogens with zero attached hydrogens (tertiary/aromatic N) is 2. The van der Waals surface area contributed by atoms with Crippen LogP contribution in [0.1, 0.15) is 48.1 Å². The van der Waals surface area contributed by atoms with Gasteiger partial charge in [-0.25, -0.2) is 14.6 Å². The van der Waals surface area contributed by atoms with Crippen molar-refractivity contribution in [2.75, 3.05) is 5.32 Å². The number of amides is 2. The number of hydrogen-bond acceptors (Lipinski definition) is 4. The molecule has 0 aliphatic carbocycles. The second-order valence-electron chi connectivity index (χ2n) is 7.65. The summed E-state index contributed by atoms with van der Waals surface area (Å²) in [5.74, 6) is 0.226. The summed E-state index contributed by atoms with van der Waals surface area (Å²) in [7, 11) is 1.88. The second-order valence-corrected chi connectivity index (χ2v) is 7.65. The number of ether oxygens (including phenoxy) is 1. The highest BCUT2D eigenvalue weighted by molar-refractivity contribution is 5.94. The zero-order valence-electron chi connectivity index (χ0n) is 18.0. The van der Waals surface area contributed by atoms with E-state index in [2.05, 4.69) is 27.8 Å². The lowest BCUT2D eigenvalue weighted by atomic mass is 10.1. The highest BCUT2D eigenvalue weighted by atomic mass is 16.5. The van der Waals surface area contributed by atoms with Gasteiger partial charge in [0.2, 0.25) is 0 Å². The average Bonchev–Trinajstić information content (AvgIpc) is 3.17. The third-order valence-corrected chi connectivity index (χ3v) is 4.71. The molecular formula is C24H28N4O3. The summed E-state index contributed by atoms with van der Waals surface area (Å²) in [5.41, 5.74) is 2.05. The number of urea groups is 1. The summed E-state index contributed by atoms with van der Waals surface area (Å²) in [5, 5.41) is 5.48. The third kappa shape index (κ3) is 6.44. The number of anilines is 1. The molecule has 162 valence electrons. The molecule has 31 heavy (non-hydrogen) atoms. The van der Waals surface area contributed by atoms with Crippen LogP contribution in [-0.2, 0) is 18.2 Å². The van der Waals surface area contributed by atoms with Gasteiger partial charge in [-0.1, -0.05) is 36.4 Å². The van der Waals surface area contributed by atoms with Gasteiger partial charge in [0.15, 0.2) is 6.10 Å². The molecular weight excluding hydrogens is 392 g/mol. The molecule has 0 fully saturated rings.